The summed E-state index contributed by atoms with van der Waals surface area (Å²) in [6.45, 7) is 4.82. The minimum absolute atomic E-state index is 0.0484. The summed E-state index contributed by atoms with van der Waals surface area (Å²) in [5.74, 6) is -0.0805. The van der Waals surface area contributed by atoms with Crippen LogP contribution in [-0.4, -0.2) is 39.1 Å². The van der Waals surface area contributed by atoms with Crippen LogP contribution in [-0.2, 0) is 10.3 Å². The molecule has 1 fully saturated rings. The first kappa shape index (κ1) is 17.3. The van der Waals surface area contributed by atoms with Crippen molar-refractivity contribution in [3.63, 3.8) is 0 Å². The SMILES string of the molecule is CC(C)(NC(=O)C1CN(C(=N)C(Cl)=CN)C1)c1cnc2ccccn12. The zero-order valence-electron chi connectivity index (χ0n) is 14.2. The molecule has 0 atom stereocenters. The number of aromatic nitrogens is 2. The van der Waals surface area contributed by atoms with Crippen LogP contribution in [0.25, 0.3) is 5.65 Å². The molecule has 132 valence electrons. The van der Waals surface area contributed by atoms with Crippen molar-refractivity contribution < 1.29 is 4.79 Å². The van der Waals surface area contributed by atoms with Crippen molar-refractivity contribution in [3.8, 4) is 0 Å². The molecular weight excluding hydrogens is 340 g/mol. The molecule has 1 saturated heterocycles. The second-order valence-corrected chi connectivity index (χ2v) is 7.06. The standard InChI is InChI=1S/C17H21ClN6O/c1-17(2,13-8-21-14-5-3-4-6-24(13)14)22-16(25)11-9-23(10-11)15(20)12(18)7-19/h3-8,11,20H,9-10,19H2,1-2H3,(H,22,25). The van der Waals surface area contributed by atoms with Crippen LogP contribution in [0.3, 0.4) is 0 Å². The van der Waals surface area contributed by atoms with E-state index in [0.717, 1.165) is 11.3 Å². The van der Waals surface area contributed by atoms with Crippen molar-refractivity contribution >= 4 is 29.0 Å². The Morgan fingerprint density at radius 2 is 2.20 bits per heavy atom. The fourth-order valence-electron chi connectivity index (χ4n) is 2.93. The van der Waals surface area contributed by atoms with Gasteiger partial charge in [0.2, 0.25) is 5.91 Å². The van der Waals surface area contributed by atoms with Gasteiger partial charge in [-0.05, 0) is 26.0 Å². The molecule has 0 bridgehead atoms. The van der Waals surface area contributed by atoms with Gasteiger partial charge in [-0.2, -0.15) is 0 Å². The molecule has 8 heteroatoms. The maximum Gasteiger partial charge on any atom is 0.227 e. The number of fused-ring (bicyclic) bond motifs is 1. The lowest BCUT2D eigenvalue weighted by Gasteiger charge is -2.41. The van der Waals surface area contributed by atoms with E-state index in [0.29, 0.717) is 13.1 Å². The Balaban J connectivity index is 1.66. The fourth-order valence-corrected chi connectivity index (χ4v) is 3.05. The van der Waals surface area contributed by atoms with Gasteiger partial charge in [0, 0.05) is 25.5 Å². The van der Waals surface area contributed by atoms with Crippen molar-refractivity contribution in [2.45, 2.75) is 19.4 Å². The number of hydrogen-bond acceptors (Lipinski definition) is 4. The first-order valence-corrected chi connectivity index (χ1v) is 8.37. The number of carbonyl (C=O) groups is 1. The zero-order chi connectivity index (χ0) is 18.2. The van der Waals surface area contributed by atoms with Gasteiger partial charge in [0.05, 0.1) is 28.4 Å². The van der Waals surface area contributed by atoms with Gasteiger partial charge in [-0.15, -0.1) is 0 Å². The molecule has 0 aliphatic carbocycles. The van der Waals surface area contributed by atoms with Crippen molar-refractivity contribution in [2.75, 3.05) is 13.1 Å². The molecule has 1 aliphatic heterocycles. The summed E-state index contributed by atoms with van der Waals surface area (Å²) in [4.78, 5) is 18.7. The number of imidazole rings is 1. The number of amidine groups is 1. The zero-order valence-corrected chi connectivity index (χ0v) is 14.9. The molecule has 2 aromatic heterocycles. The van der Waals surface area contributed by atoms with Crippen molar-refractivity contribution in [1.82, 2.24) is 19.6 Å². The normalized spacial score (nSPS) is 16.0. The molecule has 0 radical (unpaired) electrons. The number of likely N-dealkylation sites (tertiary alicyclic amines) is 1. The summed E-state index contributed by atoms with van der Waals surface area (Å²) in [6.07, 6.45) is 4.90. The molecule has 3 heterocycles. The molecule has 25 heavy (non-hydrogen) atoms. The lowest BCUT2D eigenvalue weighted by molar-refractivity contribution is -0.130. The average molecular weight is 361 g/mol. The third-order valence-electron chi connectivity index (χ3n) is 4.43. The van der Waals surface area contributed by atoms with Crippen LogP contribution < -0.4 is 11.1 Å². The van der Waals surface area contributed by atoms with Gasteiger partial charge >= 0.3 is 0 Å². The first-order chi connectivity index (χ1) is 11.8. The van der Waals surface area contributed by atoms with Gasteiger partial charge in [0.1, 0.15) is 11.5 Å². The number of nitrogens with zero attached hydrogens (tertiary/aromatic N) is 3. The third kappa shape index (κ3) is 3.19. The molecule has 0 unspecified atom stereocenters. The maximum atomic E-state index is 12.6. The van der Waals surface area contributed by atoms with E-state index < -0.39 is 5.54 Å². The van der Waals surface area contributed by atoms with E-state index in [-0.39, 0.29) is 22.7 Å². The Bertz CT molecular complexity index is 850. The van der Waals surface area contributed by atoms with E-state index in [1.54, 1.807) is 11.1 Å². The van der Waals surface area contributed by atoms with E-state index in [1.807, 2.05) is 42.6 Å². The van der Waals surface area contributed by atoms with Gasteiger partial charge in [0.15, 0.2) is 0 Å². The number of hydrogen-bond donors (Lipinski definition) is 3. The third-order valence-corrected chi connectivity index (χ3v) is 4.74. The number of carbonyl (C=O) groups excluding carboxylic acids is 1. The highest BCUT2D eigenvalue weighted by atomic mass is 35.5. The molecule has 7 nitrogen and oxygen atoms in total. The van der Waals surface area contributed by atoms with Crippen LogP contribution >= 0.6 is 11.6 Å². The largest absolute Gasteiger partial charge is 0.403 e. The Morgan fingerprint density at radius 1 is 1.48 bits per heavy atom. The molecule has 0 spiro atoms. The topological polar surface area (TPSA) is 99.5 Å². The number of pyridine rings is 1. The van der Waals surface area contributed by atoms with Crippen LogP contribution in [0.5, 0.6) is 0 Å². The highest BCUT2D eigenvalue weighted by Crippen LogP contribution is 2.24. The number of amides is 1. The lowest BCUT2D eigenvalue weighted by atomic mass is 9.95. The van der Waals surface area contributed by atoms with Crippen LogP contribution in [0.2, 0.25) is 0 Å². The highest BCUT2D eigenvalue weighted by molar-refractivity contribution is 6.42. The Hall–Kier alpha value is -2.54. The van der Waals surface area contributed by atoms with Gasteiger partial charge in [-0.25, -0.2) is 4.98 Å². The van der Waals surface area contributed by atoms with Gasteiger partial charge in [-0.1, -0.05) is 17.7 Å². The molecule has 1 aliphatic rings. The van der Waals surface area contributed by atoms with Crippen molar-refractivity contribution in [3.05, 3.63) is 47.5 Å². The van der Waals surface area contributed by atoms with E-state index in [9.17, 15) is 4.79 Å². The van der Waals surface area contributed by atoms with E-state index in [4.69, 9.17) is 22.7 Å². The Labute approximate surface area is 151 Å². The van der Waals surface area contributed by atoms with Crippen LogP contribution in [0, 0.1) is 11.3 Å². The van der Waals surface area contributed by atoms with Gasteiger partial charge < -0.3 is 20.4 Å². The summed E-state index contributed by atoms with van der Waals surface area (Å²) < 4.78 is 1.97. The fraction of sp³-hybridized carbons (Fsp3) is 0.353. The predicted octanol–water partition coefficient (Wildman–Crippen LogP) is 1.63. The molecule has 2 aromatic rings. The second-order valence-electron chi connectivity index (χ2n) is 6.65. The van der Waals surface area contributed by atoms with Crippen molar-refractivity contribution in [1.29, 1.82) is 5.41 Å². The van der Waals surface area contributed by atoms with Crippen LogP contribution in [0.1, 0.15) is 19.5 Å². The number of nitrogens with one attached hydrogen (secondary N) is 2. The summed E-state index contributed by atoms with van der Waals surface area (Å²) >= 11 is 5.84. The Kier molecular flexibility index (Phi) is 4.43. The van der Waals surface area contributed by atoms with Gasteiger partial charge in [-0.3, -0.25) is 10.2 Å². The molecule has 4 N–H and O–H groups in total. The summed E-state index contributed by atoms with van der Waals surface area (Å²) in [5, 5.41) is 11.1. The number of nitrogens with two attached hydrogens (primary N) is 1. The van der Waals surface area contributed by atoms with Gasteiger partial charge in [0.25, 0.3) is 0 Å². The quantitative estimate of drug-likeness (QED) is 0.570. The summed E-state index contributed by atoms with van der Waals surface area (Å²) in [5.41, 5.74) is 6.50. The number of rotatable bonds is 4. The minimum Gasteiger partial charge on any atom is -0.403 e. The molecule has 0 saturated carbocycles. The lowest BCUT2D eigenvalue weighted by Crippen LogP contribution is -2.58. The van der Waals surface area contributed by atoms with E-state index >= 15 is 0 Å². The molecule has 0 aromatic carbocycles. The molecule has 3 rings (SSSR count). The maximum absolute atomic E-state index is 12.6. The minimum atomic E-state index is -0.569. The summed E-state index contributed by atoms with van der Waals surface area (Å²) in [7, 11) is 0. The summed E-state index contributed by atoms with van der Waals surface area (Å²) in [6, 6.07) is 5.78. The second kappa shape index (κ2) is 6.40. The van der Waals surface area contributed by atoms with Crippen LogP contribution in [0.15, 0.2) is 41.8 Å². The molecule has 1 amide bonds. The molecular formula is C17H21ClN6O. The average Bonchev–Trinajstić information content (AvgIpc) is 2.96. The van der Waals surface area contributed by atoms with E-state index in [1.165, 1.54) is 6.20 Å². The van der Waals surface area contributed by atoms with Crippen LogP contribution in [0.4, 0.5) is 0 Å². The van der Waals surface area contributed by atoms with Crippen molar-refractivity contribution in [2.24, 2.45) is 11.7 Å². The smallest absolute Gasteiger partial charge is 0.227 e. The van der Waals surface area contributed by atoms with E-state index in [2.05, 4.69) is 10.3 Å². The Morgan fingerprint density at radius 3 is 2.88 bits per heavy atom. The monoisotopic (exact) mass is 360 g/mol. The number of halogens is 1. The first-order valence-electron chi connectivity index (χ1n) is 7.99. The highest BCUT2D eigenvalue weighted by Gasteiger charge is 2.37. The predicted molar refractivity (Wildman–Crippen MR) is 97.3 cm³/mol.